The second-order valence-electron chi connectivity index (χ2n) is 3.32. The van der Waals surface area contributed by atoms with Gasteiger partial charge < -0.3 is 4.57 Å². The lowest BCUT2D eigenvalue weighted by molar-refractivity contribution is 0.811. The lowest BCUT2D eigenvalue weighted by atomic mass is 10.3. The van der Waals surface area contributed by atoms with Crippen LogP contribution in [0.2, 0.25) is 0 Å². The molecule has 0 atom stereocenters. The summed E-state index contributed by atoms with van der Waals surface area (Å²) in [6.45, 7) is 6.76. The van der Waals surface area contributed by atoms with Crippen molar-refractivity contribution in [2.24, 2.45) is 0 Å². The number of allylic oxidation sites excluding steroid dienone is 1. The standard InChI is InChI=1S/C11H12N2.ClH/c1-9(2)7-13-8-12-10-5-3-4-6-11(10)13;/h3-6,8H,1,7H2,2H3;1H. The molecule has 3 heteroatoms. The van der Waals surface area contributed by atoms with E-state index in [9.17, 15) is 0 Å². The van der Waals surface area contributed by atoms with Crippen molar-refractivity contribution in [2.75, 3.05) is 0 Å². The summed E-state index contributed by atoms with van der Waals surface area (Å²) in [6, 6.07) is 8.12. The van der Waals surface area contributed by atoms with Crippen LogP contribution in [0.4, 0.5) is 0 Å². The zero-order valence-corrected chi connectivity index (χ0v) is 8.92. The molecule has 0 aliphatic carbocycles. The Morgan fingerprint density at radius 1 is 1.43 bits per heavy atom. The zero-order chi connectivity index (χ0) is 9.26. The maximum atomic E-state index is 4.29. The molecule has 0 spiro atoms. The van der Waals surface area contributed by atoms with Crippen molar-refractivity contribution in [3.8, 4) is 0 Å². The summed E-state index contributed by atoms with van der Waals surface area (Å²) in [5.74, 6) is 0. The Bertz CT molecular complexity index is 445. The summed E-state index contributed by atoms with van der Waals surface area (Å²) < 4.78 is 2.11. The molecule has 0 saturated carbocycles. The van der Waals surface area contributed by atoms with E-state index in [0.29, 0.717) is 0 Å². The SMILES string of the molecule is C=C(C)Cn1cnc2ccccc21.Cl. The third-order valence-corrected chi connectivity index (χ3v) is 1.97. The molecule has 0 saturated heterocycles. The molecule has 0 amide bonds. The minimum atomic E-state index is 0. The number of fused-ring (bicyclic) bond motifs is 1. The van der Waals surface area contributed by atoms with Crippen molar-refractivity contribution in [2.45, 2.75) is 13.5 Å². The minimum Gasteiger partial charge on any atom is -0.326 e. The molecule has 0 N–H and O–H groups in total. The first-order valence-electron chi connectivity index (χ1n) is 4.31. The average Bonchev–Trinajstić information content (AvgIpc) is 2.48. The number of aromatic nitrogens is 2. The largest absolute Gasteiger partial charge is 0.326 e. The number of imidazole rings is 1. The van der Waals surface area contributed by atoms with E-state index >= 15 is 0 Å². The second kappa shape index (κ2) is 4.29. The van der Waals surface area contributed by atoms with Crippen LogP contribution in [-0.4, -0.2) is 9.55 Å². The molecule has 2 aromatic rings. The zero-order valence-electron chi connectivity index (χ0n) is 8.10. The quantitative estimate of drug-likeness (QED) is 0.694. The molecule has 0 radical (unpaired) electrons. The topological polar surface area (TPSA) is 17.8 Å². The van der Waals surface area contributed by atoms with Crippen LogP contribution in [0.25, 0.3) is 11.0 Å². The fourth-order valence-corrected chi connectivity index (χ4v) is 1.43. The average molecular weight is 209 g/mol. The van der Waals surface area contributed by atoms with Crippen molar-refractivity contribution >= 4 is 23.4 Å². The van der Waals surface area contributed by atoms with Gasteiger partial charge in [-0.25, -0.2) is 4.98 Å². The van der Waals surface area contributed by atoms with Crippen molar-refractivity contribution in [3.05, 3.63) is 42.7 Å². The molecule has 0 aliphatic rings. The number of hydrogen-bond acceptors (Lipinski definition) is 1. The van der Waals surface area contributed by atoms with Crippen LogP contribution in [0.5, 0.6) is 0 Å². The Balaban J connectivity index is 0.000000980. The van der Waals surface area contributed by atoms with Gasteiger partial charge in [0.05, 0.1) is 17.4 Å². The first-order chi connectivity index (χ1) is 6.27. The van der Waals surface area contributed by atoms with E-state index in [1.165, 1.54) is 5.52 Å². The monoisotopic (exact) mass is 208 g/mol. The third-order valence-electron chi connectivity index (χ3n) is 1.97. The third kappa shape index (κ3) is 1.96. The molecular weight excluding hydrogens is 196 g/mol. The highest BCUT2D eigenvalue weighted by Gasteiger charge is 1.99. The van der Waals surface area contributed by atoms with Crippen molar-refractivity contribution < 1.29 is 0 Å². The summed E-state index contributed by atoms with van der Waals surface area (Å²) >= 11 is 0. The molecule has 1 aromatic carbocycles. The van der Waals surface area contributed by atoms with Crippen LogP contribution in [0.15, 0.2) is 42.7 Å². The molecule has 2 rings (SSSR count). The van der Waals surface area contributed by atoms with E-state index < -0.39 is 0 Å². The predicted molar refractivity (Wildman–Crippen MR) is 61.8 cm³/mol. The van der Waals surface area contributed by atoms with Crippen LogP contribution >= 0.6 is 12.4 Å². The molecule has 1 heterocycles. The lowest BCUT2D eigenvalue weighted by Gasteiger charge is -2.01. The predicted octanol–water partition coefficient (Wildman–Crippen LogP) is 3.03. The van der Waals surface area contributed by atoms with Crippen LogP contribution in [0.1, 0.15) is 6.92 Å². The van der Waals surface area contributed by atoms with Crippen LogP contribution < -0.4 is 0 Å². The van der Waals surface area contributed by atoms with Gasteiger partial charge in [-0.1, -0.05) is 24.3 Å². The first-order valence-corrected chi connectivity index (χ1v) is 4.31. The number of halogens is 1. The molecule has 0 aliphatic heterocycles. The number of rotatable bonds is 2. The summed E-state index contributed by atoms with van der Waals surface area (Å²) in [4.78, 5) is 4.29. The van der Waals surface area contributed by atoms with Crippen LogP contribution in [0, 0.1) is 0 Å². The normalized spacial score (nSPS) is 9.79. The number of hydrogen-bond donors (Lipinski definition) is 0. The van der Waals surface area contributed by atoms with Gasteiger partial charge in [-0.2, -0.15) is 0 Å². The summed E-state index contributed by atoms with van der Waals surface area (Å²) in [6.07, 6.45) is 1.86. The Morgan fingerprint density at radius 2 is 2.14 bits per heavy atom. The number of benzene rings is 1. The van der Waals surface area contributed by atoms with Gasteiger partial charge in [0, 0.05) is 6.54 Å². The minimum absolute atomic E-state index is 0. The maximum Gasteiger partial charge on any atom is 0.0961 e. The second-order valence-corrected chi connectivity index (χ2v) is 3.32. The molecule has 0 bridgehead atoms. The molecule has 0 unspecified atom stereocenters. The van der Waals surface area contributed by atoms with E-state index in [0.717, 1.165) is 17.6 Å². The number of nitrogens with zero attached hydrogens (tertiary/aromatic N) is 2. The summed E-state index contributed by atoms with van der Waals surface area (Å²) in [5, 5.41) is 0. The van der Waals surface area contributed by atoms with Gasteiger partial charge in [0.2, 0.25) is 0 Å². The van der Waals surface area contributed by atoms with Crippen LogP contribution in [0.3, 0.4) is 0 Å². The first kappa shape index (κ1) is 10.8. The lowest BCUT2D eigenvalue weighted by Crippen LogP contribution is -1.95. The molecule has 14 heavy (non-hydrogen) atoms. The Morgan fingerprint density at radius 3 is 2.86 bits per heavy atom. The highest BCUT2D eigenvalue weighted by molar-refractivity contribution is 5.85. The molecule has 2 nitrogen and oxygen atoms in total. The Hall–Kier alpha value is -1.28. The van der Waals surface area contributed by atoms with Crippen molar-refractivity contribution in [1.29, 1.82) is 0 Å². The van der Waals surface area contributed by atoms with E-state index in [2.05, 4.69) is 22.2 Å². The Labute approximate surface area is 89.7 Å². The fraction of sp³-hybridized carbons (Fsp3) is 0.182. The van der Waals surface area contributed by atoms with E-state index in [1.807, 2.05) is 31.5 Å². The molecular formula is C11H13ClN2. The fourth-order valence-electron chi connectivity index (χ4n) is 1.43. The van der Waals surface area contributed by atoms with Crippen LogP contribution in [-0.2, 0) is 6.54 Å². The highest BCUT2D eigenvalue weighted by Crippen LogP contribution is 2.12. The van der Waals surface area contributed by atoms with Gasteiger partial charge in [0.15, 0.2) is 0 Å². The van der Waals surface area contributed by atoms with Gasteiger partial charge in [-0.15, -0.1) is 12.4 Å². The maximum absolute atomic E-state index is 4.29. The van der Waals surface area contributed by atoms with Gasteiger partial charge in [-0.3, -0.25) is 0 Å². The van der Waals surface area contributed by atoms with Gasteiger partial charge >= 0.3 is 0 Å². The molecule has 0 fully saturated rings. The smallest absolute Gasteiger partial charge is 0.0961 e. The van der Waals surface area contributed by atoms with Gasteiger partial charge in [0.25, 0.3) is 0 Å². The van der Waals surface area contributed by atoms with Gasteiger partial charge in [-0.05, 0) is 19.1 Å². The van der Waals surface area contributed by atoms with E-state index in [4.69, 9.17) is 0 Å². The van der Waals surface area contributed by atoms with Crippen molar-refractivity contribution in [1.82, 2.24) is 9.55 Å². The molecule has 74 valence electrons. The Kier molecular flexibility index (Phi) is 3.31. The molecule has 1 aromatic heterocycles. The highest BCUT2D eigenvalue weighted by atomic mass is 35.5. The van der Waals surface area contributed by atoms with E-state index in [-0.39, 0.29) is 12.4 Å². The summed E-state index contributed by atoms with van der Waals surface area (Å²) in [5.41, 5.74) is 3.36. The van der Waals surface area contributed by atoms with E-state index in [1.54, 1.807) is 0 Å². The van der Waals surface area contributed by atoms with Crippen molar-refractivity contribution in [3.63, 3.8) is 0 Å². The van der Waals surface area contributed by atoms with Gasteiger partial charge in [0.1, 0.15) is 0 Å². The summed E-state index contributed by atoms with van der Waals surface area (Å²) in [7, 11) is 0. The number of para-hydroxylation sites is 2.